The number of thioether (sulfide) groups is 1. The number of ether oxygens (including phenoxy) is 1. The molecule has 1 aliphatic rings. The monoisotopic (exact) mass is 198 g/mol. The predicted molar refractivity (Wildman–Crippen MR) is 52.8 cm³/mol. The van der Waals surface area contributed by atoms with Gasteiger partial charge in [-0.3, -0.25) is 0 Å². The topological polar surface area (TPSA) is 27.1 Å². The van der Waals surface area contributed by atoms with E-state index < -0.39 is 0 Å². The Morgan fingerprint density at radius 1 is 1.62 bits per heavy atom. The molecule has 1 unspecified atom stereocenters. The molecule has 0 spiro atoms. The number of nitrogens with zero attached hydrogens (tertiary/aromatic N) is 2. The van der Waals surface area contributed by atoms with E-state index in [2.05, 4.69) is 11.4 Å². The van der Waals surface area contributed by atoms with Gasteiger partial charge in [0.25, 0.3) is 0 Å². The van der Waals surface area contributed by atoms with Crippen LogP contribution < -0.4 is 0 Å². The summed E-state index contributed by atoms with van der Waals surface area (Å²) in [5, 5.41) is 5.47. The van der Waals surface area contributed by atoms with E-state index in [0.717, 1.165) is 13.0 Å². The zero-order valence-electron chi connectivity index (χ0n) is 7.77. The maximum atomic E-state index is 5.65. The van der Waals surface area contributed by atoms with Crippen molar-refractivity contribution in [3.8, 4) is 0 Å². The second-order valence-corrected chi connectivity index (χ2v) is 3.97. The summed E-state index contributed by atoms with van der Waals surface area (Å²) in [6, 6.07) is 2.03. The lowest BCUT2D eigenvalue weighted by Gasteiger charge is -2.23. The summed E-state index contributed by atoms with van der Waals surface area (Å²) in [4.78, 5) is 0. The van der Waals surface area contributed by atoms with Gasteiger partial charge in [-0.1, -0.05) is 0 Å². The summed E-state index contributed by atoms with van der Waals surface area (Å²) in [6.07, 6.45) is 7.60. The van der Waals surface area contributed by atoms with E-state index in [9.17, 15) is 0 Å². The lowest BCUT2D eigenvalue weighted by atomic mass is 10.2. The normalized spacial score (nSPS) is 23.3. The summed E-state index contributed by atoms with van der Waals surface area (Å²) in [6.45, 7) is 0.873. The van der Waals surface area contributed by atoms with Gasteiger partial charge in [0.05, 0.1) is 11.2 Å². The van der Waals surface area contributed by atoms with Crippen molar-refractivity contribution < 1.29 is 4.74 Å². The van der Waals surface area contributed by atoms with Crippen molar-refractivity contribution in [1.82, 2.24) is 9.78 Å². The first-order valence-corrected chi connectivity index (χ1v) is 5.83. The highest BCUT2D eigenvalue weighted by Gasteiger charge is 2.17. The summed E-state index contributed by atoms with van der Waals surface area (Å²) < 4.78 is 7.64. The quantitative estimate of drug-likeness (QED) is 0.682. The van der Waals surface area contributed by atoms with Gasteiger partial charge in [0.2, 0.25) is 0 Å². The van der Waals surface area contributed by atoms with Gasteiger partial charge in [-0.15, -0.1) is 11.8 Å². The second kappa shape index (κ2) is 4.15. The molecular formula is C9H14N2OS. The number of hydrogen-bond donors (Lipinski definition) is 0. The van der Waals surface area contributed by atoms with Gasteiger partial charge in [0, 0.05) is 6.61 Å². The fraction of sp³-hybridized carbons (Fsp3) is 0.667. The smallest absolute Gasteiger partial charge is 0.151 e. The van der Waals surface area contributed by atoms with Crippen LogP contribution in [0, 0.1) is 0 Å². The van der Waals surface area contributed by atoms with Crippen LogP contribution in [0.3, 0.4) is 0 Å². The zero-order valence-corrected chi connectivity index (χ0v) is 8.59. The van der Waals surface area contributed by atoms with E-state index in [-0.39, 0.29) is 6.23 Å². The van der Waals surface area contributed by atoms with Crippen molar-refractivity contribution >= 4 is 11.8 Å². The van der Waals surface area contributed by atoms with Crippen molar-refractivity contribution in [2.45, 2.75) is 30.5 Å². The average molecular weight is 198 g/mol. The summed E-state index contributed by atoms with van der Waals surface area (Å²) >= 11 is 1.72. The molecule has 0 amide bonds. The number of rotatable bonds is 2. The Hall–Kier alpha value is -0.480. The van der Waals surface area contributed by atoms with Crippen molar-refractivity contribution in [3.63, 3.8) is 0 Å². The molecule has 1 aliphatic heterocycles. The van der Waals surface area contributed by atoms with Gasteiger partial charge in [-0.2, -0.15) is 5.10 Å². The van der Waals surface area contributed by atoms with Gasteiger partial charge in [-0.05, 0) is 31.6 Å². The van der Waals surface area contributed by atoms with Crippen LogP contribution in [0.1, 0.15) is 25.5 Å². The lowest BCUT2D eigenvalue weighted by Crippen LogP contribution is -2.19. The third-order valence-corrected chi connectivity index (χ3v) is 3.01. The molecule has 2 heterocycles. The maximum absolute atomic E-state index is 5.65. The molecule has 72 valence electrons. The summed E-state index contributed by atoms with van der Waals surface area (Å²) in [5.41, 5.74) is 0. The van der Waals surface area contributed by atoms with E-state index in [0.29, 0.717) is 0 Å². The molecule has 0 saturated carbocycles. The Morgan fingerprint density at radius 3 is 3.23 bits per heavy atom. The minimum absolute atomic E-state index is 0.172. The molecule has 1 fully saturated rings. The highest BCUT2D eigenvalue weighted by molar-refractivity contribution is 7.98. The van der Waals surface area contributed by atoms with E-state index in [1.807, 2.05) is 16.9 Å². The van der Waals surface area contributed by atoms with E-state index in [1.165, 1.54) is 17.9 Å². The predicted octanol–water partition coefficient (Wildman–Crippen LogP) is 2.30. The summed E-state index contributed by atoms with van der Waals surface area (Å²) in [7, 11) is 0. The molecule has 2 rings (SSSR count). The molecule has 0 aliphatic carbocycles. The molecule has 1 aromatic heterocycles. The maximum Gasteiger partial charge on any atom is 0.151 e. The largest absolute Gasteiger partial charge is 0.356 e. The third-order valence-electron chi connectivity index (χ3n) is 2.27. The van der Waals surface area contributed by atoms with Crippen LogP contribution in [0.25, 0.3) is 0 Å². The first kappa shape index (κ1) is 9.09. The van der Waals surface area contributed by atoms with Crippen molar-refractivity contribution in [2.75, 3.05) is 12.9 Å². The molecule has 1 aromatic rings. The van der Waals surface area contributed by atoms with Crippen LogP contribution in [-0.2, 0) is 4.74 Å². The highest BCUT2D eigenvalue weighted by atomic mass is 32.2. The van der Waals surface area contributed by atoms with Crippen molar-refractivity contribution in [2.24, 2.45) is 0 Å². The van der Waals surface area contributed by atoms with Crippen LogP contribution in [0.5, 0.6) is 0 Å². The lowest BCUT2D eigenvalue weighted by molar-refractivity contribution is -0.0445. The first-order chi connectivity index (χ1) is 6.42. The Labute approximate surface area is 82.5 Å². The Kier molecular flexibility index (Phi) is 2.90. The molecule has 0 N–H and O–H groups in total. The van der Waals surface area contributed by atoms with Crippen LogP contribution in [0.15, 0.2) is 17.3 Å². The molecular weight excluding hydrogens is 184 g/mol. The van der Waals surface area contributed by atoms with E-state index >= 15 is 0 Å². The van der Waals surface area contributed by atoms with E-state index in [1.54, 1.807) is 11.8 Å². The summed E-state index contributed by atoms with van der Waals surface area (Å²) in [5.74, 6) is 0. The molecule has 1 saturated heterocycles. The fourth-order valence-electron chi connectivity index (χ4n) is 1.60. The molecule has 0 aromatic carbocycles. The van der Waals surface area contributed by atoms with Crippen molar-refractivity contribution in [3.05, 3.63) is 12.3 Å². The van der Waals surface area contributed by atoms with Gasteiger partial charge >= 0.3 is 0 Å². The zero-order chi connectivity index (χ0) is 9.10. The van der Waals surface area contributed by atoms with Gasteiger partial charge in [0.1, 0.15) is 0 Å². The molecule has 3 nitrogen and oxygen atoms in total. The number of hydrogen-bond acceptors (Lipinski definition) is 3. The van der Waals surface area contributed by atoms with Crippen LogP contribution in [0.4, 0.5) is 0 Å². The van der Waals surface area contributed by atoms with Crippen LogP contribution >= 0.6 is 11.8 Å². The molecule has 0 bridgehead atoms. The van der Waals surface area contributed by atoms with Crippen LogP contribution in [0.2, 0.25) is 0 Å². The first-order valence-electron chi connectivity index (χ1n) is 4.61. The molecule has 13 heavy (non-hydrogen) atoms. The van der Waals surface area contributed by atoms with Crippen molar-refractivity contribution in [1.29, 1.82) is 0 Å². The molecule has 0 radical (unpaired) electrons. The molecule has 4 heteroatoms. The van der Waals surface area contributed by atoms with Crippen LogP contribution in [-0.4, -0.2) is 22.6 Å². The Bertz CT molecular complexity index is 268. The van der Waals surface area contributed by atoms with Gasteiger partial charge in [0.15, 0.2) is 6.23 Å². The standard InChI is InChI=1S/C9H14N2OS/c1-13-9-5-6-10-11(9)8-4-2-3-7-12-8/h5-6,8H,2-4,7H2,1H3. The Morgan fingerprint density at radius 2 is 2.54 bits per heavy atom. The van der Waals surface area contributed by atoms with Gasteiger partial charge in [-0.25, -0.2) is 4.68 Å². The minimum atomic E-state index is 0.172. The SMILES string of the molecule is CSc1ccnn1C1CCCCO1. The van der Waals surface area contributed by atoms with E-state index in [4.69, 9.17) is 4.74 Å². The third kappa shape index (κ3) is 1.89. The van der Waals surface area contributed by atoms with Gasteiger partial charge < -0.3 is 4.74 Å². The minimum Gasteiger partial charge on any atom is -0.356 e. The second-order valence-electron chi connectivity index (χ2n) is 3.14. The fourth-order valence-corrected chi connectivity index (χ4v) is 2.15. The Balaban J connectivity index is 2.13. The molecule has 1 atom stereocenters. The average Bonchev–Trinajstić information content (AvgIpc) is 2.67. The highest BCUT2D eigenvalue weighted by Crippen LogP contribution is 2.26. The number of aromatic nitrogens is 2.